The summed E-state index contributed by atoms with van der Waals surface area (Å²) in [7, 11) is -3.62. The normalized spacial score (nSPS) is 24.1. The van der Waals surface area contributed by atoms with Crippen molar-refractivity contribution in [1.82, 2.24) is 9.62 Å². The second kappa shape index (κ2) is 10.3. The number of benzene rings is 1. The zero-order chi connectivity index (χ0) is 23.4. The lowest BCUT2D eigenvalue weighted by Crippen LogP contribution is -2.71. The van der Waals surface area contributed by atoms with Gasteiger partial charge in [0.15, 0.2) is 0 Å². The van der Waals surface area contributed by atoms with Gasteiger partial charge in [-0.05, 0) is 45.2 Å². The number of carbonyl (C=O) groups is 2. The van der Waals surface area contributed by atoms with Gasteiger partial charge in [-0.1, -0.05) is 56.7 Å². The summed E-state index contributed by atoms with van der Waals surface area (Å²) in [4.78, 5) is 28.5. The number of nitrogens with zero attached hydrogens (tertiary/aromatic N) is 2. The molecule has 7 nitrogen and oxygen atoms in total. The van der Waals surface area contributed by atoms with E-state index in [0.29, 0.717) is 12.1 Å². The third-order valence-electron chi connectivity index (χ3n) is 6.62. The van der Waals surface area contributed by atoms with Crippen LogP contribution in [0, 0.1) is 6.92 Å². The van der Waals surface area contributed by atoms with E-state index in [1.165, 1.54) is 28.5 Å². The predicted molar refractivity (Wildman–Crippen MR) is 127 cm³/mol. The van der Waals surface area contributed by atoms with Gasteiger partial charge < -0.3 is 5.32 Å². The lowest BCUT2D eigenvalue weighted by Gasteiger charge is -2.47. The molecule has 0 unspecified atom stereocenters. The number of hydrogen-bond donors (Lipinski definition) is 1. The van der Waals surface area contributed by atoms with Gasteiger partial charge in [0.05, 0.1) is 12.3 Å². The quantitative estimate of drug-likeness (QED) is 0.701. The van der Waals surface area contributed by atoms with Crippen LogP contribution in [0.15, 0.2) is 24.3 Å². The van der Waals surface area contributed by atoms with Crippen molar-refractivity contribution in [3.63, 3.8) is 0 Å². The summed E-state index contributed by atoms with van der Waals surface area (Å²) in [6.07, 6.45) is 7.99. The number of piperazine rings is 1. The van der Waals surface area contributed by atoms with Gasteiger partial charge in [0.2, 0.25) is 21.8 Å². The van der Waals surface area contributed by atoms with Crippen LogP contribution >= 0.6 is 0 Å². The summed E-state index contributed by atoms with van der Waals surface area (Å²) < 4.78 is 26.8. The van der Waals surface area contributed by atoms with Crippen LogP contribution in [0.25, 0.3) is 0 Å². The lowest BCUT2D eigenvalue weighted by atomic mass is 9.92. The van der Waals surface area contributed by atoms with Crippen LogP contribution in [0.1, 0.15) is 70.8 Å². The van der Waals surface area contributed by atoms with Gasteiger partial charge in [0, 0.05) is 18.3 Å². The summed E-state index contributed by atoms with van der Waals surface area (Å²) in [6.45, 7) is 5.15. The van der Waals surface area contributed by atoms with E-state index in [9.17, 15) is 18.0 Å². The average molecular weight is 464 g/mol. The molecule has 1 aliphatic carbocycles. The molecule has 1 atom stereocenters. The maximum atomic E-state index is 13.7. The number of hydrogen-bond acceptors (Lipinski definition) is 4. The molecule has 1 N–H and O–H groups in total. The fraction of sp³-hybridized carbons (Fsp3) is 0.667. The predicted octanol–water partition coefficient (Wildman–Crippen LogP) is 3.37. The number of nitrogens with one attached hydrogen (secondary N) is 1. The number of anilines is 1. The van der Waals surface area contributed by atoms with Crippen molar-refractivity contribution in [2.24, 2.45) is 0 Å². The Kier molecular flexibility index (Phi) is 7.98. The lowest BCUT2D eigenvalue weighted by molar-refractivity contribution is -0.133. The molecular formula is C24H37N3O4S. The largest absolute Gasteiger partial charge is 0.351 e. The molecule has 32 heavy (non-hydrogen) atoms. The Morgan fingerprint density at radius 2 is 1.69 bits per heavy atom. The van der Waals surface area contributed by atoms with Crippen molar-refractivity contribution in [2.75, 3.05) is 23.7 Å². The van der Waals surface area contributed by atoms with E-state index in [-0.39, 0.29) is 36.7 Å². The number of amides is 2. The Balaban J connectivity index is 1.93. The molecule has 1 aliphatic heterocycles. The van der Waals surface area contributed by atoms with Crippen LogP contribution in [0.4, 0.5) is 5.69 Å². The van der Waals surface area contributed by atoms with Gasteiger partial charge in [0.25, 0.3) is 0 Å². The first-order valence-corrected chi connectivity index (χ1v) is 13.5. The molecule has 1 saturated carbocycles. The minimum Gasteiger partial charge on any atom is -0.351 e. The van der Waals surface area contributed by atoms with Gasteiger partial charge in [-0.2, -0.15) is 4.31 Å². The van der Waals surface area contributed by atoms with E-state index >= 15 is 0 Å². The Labute approximate surface area is 192 Å². The second-order valence-corrected chi connectivity index (χ2v) is 11.5. The van der Waals surface area contributed by atoms with Crippen LogP contribution in [0.2, 0.25) is 0 Å². The first-order chi connectivity index (χ1) is 15.2. The monoisotopic (exact) mass is 463 g/mol. The van der Waals surface area contributed by atoms with Crippen molar-refractivity contribution in [1.29, 1.82) is 0 Å². The number of sulfonamides is 1. The Morgan fingerprint density at radius 1 is 1.09 bits per heavy atom. The standard InChI is InChI=1S/C24H37N3O4S/c1-4-16-32(30,31)26-17-22(28)27(21-14-12-19(2)13-15-21)24(3,18-26)23(29)25-20-10-8-6-5-7-9-11-20/h12-15,20H,4-11,16-18H2,1-3H3,(H,25,29)/t24-/m1/s1. The topological polar surface area (TPSA) is 86.8 Å². The molecule has 1 aromatic rings. The first-order valence-electron chi connectivity index (χ1n) is 11.9. The summed E-state index contributed by atoms with van der Waals surface area (Å²) in [5.74, 6) is -0.700. The Hall–Kier alpha value is -1.93. The molecule has 1 aromatic carbocycles. The highest BCUT2D eigenvalue weighted by Crippen LogP contribution is 2.31. The van der Waals surface area contributed by atoms with E-state index in [1.807, 2.05) is 31.2 Å². The summed E-state index contributed by atoms with van der Waals surface area (Å²) in [5.41, 5.74) is 0.336. The summed E-state index contributed by atoms with van der Waals surface area (Å²) in [6, 6.07) is 7.50. The minimum absolute atomic E-state index is 0.0366. The van der Waals surface area contributed by atoms with Gasteiger partial charge in [-0.25, -0.2) is 8.42 Å². The molecule has 3 rings (SSSR count). The Morgan fingerprint density at radius 3 is 2.28 bits per heavy atom. The molecule has 2 amide bonds. The molecule has 1 saturated heterocycles. The van der Waals surface area contributed by atoms with Crippen molar-refractivity contribution in [2.45, 2.75) is 83.7 Å². The summed E-state index contributed by atoms with van der Waals surface area (Å²) in [5, 5.41) is 3.18. The highest BCUT2D eigenvalue weighted by Gasteiger charge is 2.51. The zero-order valence-corrected chi connectivity index (χ0v) is 20.4. The van der Waals surface area contributed by atoms with Crippen LogP contribution < -0.4 is 10.2 Å². The SMILES string of the molecule is CCCS(=O)(=O)N1CC(=O)N(c2ccc(C)cc2)[C@@](C)(C(=O)NC2CCCCCCC2)C1. The molecule has 0 radical (unpaired) electrons. The van der Waals surface area contributed by atoms with E-state index in [1.54, 1.807) is 13.8 Å². The van der Waals surface area contributed by atoms with E-state index in [2.05, 4.69) is 5.32 Å². The maximum Gasteiger partial charge on any atom is 0.247 e. The van der Waals surface area contributed by atoms with Crippen LogP contribution in [-0.4, -0.2) is 55.0 Å². The molecule has 8 heteroatoms. The van der Waals surface area contributed by atoms with E-state index in [0.717, 1.165) is 31.2 Å². The average Bonchev–Trinajstić information content (AvgIpc) is 2.70. The number of carbonyl (C=O) groups excluding carboxylic acids is 2. The van der Waals surface area contributed by atoms with Crippen LogP contribution in [-0.2, 0) is 19.6 Å². The van der Waals surface area contributed by atoms with Crippen LogP contribution in [0.3, 0.4) is 0 Å². The molecule has 1 heterocycles. The number of aryl methyl sites for hydroxylation is 1. The second-order valence-electron chi connectivity index (χ2n) is 9.44. The molecular weight excluding hydrogens is 426 g/mol. The van der Waals surface area contributed by atoms with Crippen molar-refractivity contribution < 1.29 is 18.0 Å². The molecule has 178 valence electrons. The minimum atomic E-state index is -3.62. The maximum absolute atomic E-state index is 13.7. The fourth-order valence-electron chi connectivity index (χ4n) is 4.79. The third kappa shape index (κ3) is 5.52. The van der Waals surface area contributed by atoms with Crippen molar-refractivity contribution in [3.05, 3.63) is 29.8 Å². The number of rotatable bonds is 6. The third-order valence-corrected chi connectivity index (χ3v) is 8.59. The highest BCUT2D eigenvalue weighted by molar-refractivity contribution is 7.89. The van der Waals surface area contributed by atoms with Crippen LogP contribution in [0.5, 0.6) is 0 Å². The zero-order valence-electron chi connectivity index (χ0n) is 19.6. The Bertz CT molecular complexity index is 908. The van der Waals surface area contributed by atoms with Gasteiger partial charge >= 0.3 is 0 Å². The van der Waals surface area contributed by atoms with E-state index in [4.69, 9.17) is 0 Å². The fourth-order valence-corrected chi connectivity index (χ4v) is 6.32. The molecule has 0 spiro atoms. The van der Waals surface area contributed by atoms with E-state index < -0.39 is 15.6 Å². The smallest absolute Gasteiger partial charge is 0.247 e. The first kappa shape index (κ1) is 24.7. The van der Waals surface area contributed by atoms with Crippen molar-refractivity contribution >= 4 is 27.5 Å². The highest BCUT2D eigenvalue weighted by atomic mass is 32.2. The molecule has 0 aromatic heterocycles. The van der Waals surface area contributed by atoms with Gasteiger partial charge in [-0.3, -0.25) is 14.5 Å². The van der Waals surface area contributed by atoms with Gasteiger partial charge in [0.1, 0.15) is 5.54 Å². The van der Waals surface area contributed by atoms with Gasteiger partial charge in [-0.15, -0.1) is 0 Å². The van der Waals surface area contributed by atoms with Crippen molar-refractivity contribution in [3.8, 4) is 0 Å². The molecule has 2 aliphatic rings. The molecule has 0 bridgehead atoms. The molecule has 2 fully saturated rings. The summed E-state index contributed by atoms with van der Waals surface area (Å²) >= 11 is 0.